The van der Waals surface area contributed by atoms with Crippen LogP contribution < -0.4 is 0 Å². The zero-order valence-corrected chi connectivity index (χ0v) is 11.1. The van der Waals surface area contributed by atoms with Crippen molar-refractivity contribution in [1.29, 1.82) is 0 Å². The Bertz CT molecular complexity index is 405. The van der Waals surface area contributed by atoms with Crippen LogP contribution in [0.4, 0.5) is 0 Å². The Morgan fingerprint density at radius 3 is 2.94 bits per heavy atom. The Kier molecular flexibility index (Phi) is 2.48. The molecular formula is C14H20O4. The highest BCUT2D eigenvalue weighted by molar-refractivity contribution is 5.78. The van der Waals surface area contributed by atoms with Gasteiger partial charge in [-0.25, -0.2) is 0 Å². The molecule has 4 nitrogen and oxygen atoms in total. The highest BCUT2D eigenvalue weighted by Gasteiger charge is 2.70. The molecule has 3 rings (SSSR count). The molecule has 1 heterocycles. The van der Waals surface area contributed by atoms with Gasteiger partial charge in [0.2, 0.25) is 0 Å². The summed E-state index contributed by atoms with van der Waals surface area (Å²) in [5.74, 6) is 0.288. The molecule has 100 valence electrons. The maximum absolute atomic E-state index is 11.9. The summed E-state index contributed by atoms with van der Waals surface area (Å²) in [6, 6.07) is 0. The van der Waals surface area contributed by atoms with Gasteiger partial charge in [-0.05, 0) is 26.2 Å². The Hall–Kier alpha value is -1.06. The summed E-state index contributed by atoms with van der Waals surface area (Å²) in [6.07, 6.45) is 2.34. The lowest BCUT2D eigenvalue weighted by Crippen LogP contribution is -2.46. The summed E-state index contributed by atoms with van der Waals surface area (Å²) in [6.45, 7) is 5.78. The van der Waals surface area contributed by atoms with Crippen LogP contribution in [0.5, 0.6) is 0 Å². The van der Waals surface area contributed by atoms with Crippen LogP contribution in [0.15, 0.2) is 0 Å². The van der Waals surface area contributed by atoms with E-state index in [9.17, 15) is 9.59 Å². The quantitative estimate of drug-likeness (QED) is 0.720. The largest absolute Gasteiger partial charge is 0.458 e. The highest BCUT2D eigenvalue weighted by Crippen LogP contribution is 2.61. The number of fused-ring (bicyclic) bond motifs is 1. The lowest BCUT2D eigenvalue weighted by Gasteiger charge is -2.34. The number of esters is 2. The van der Waals surface area contributed by atoms with Crippen molar-refractivity contribution >= 4 is 11.9 Å². The van der Waals surface area contributed by atoms with E-state index in [4.69, 9.17) is 9.47 Å². The lowest BCUT2D eigenvalue weighted by atomic mass is 9.79. The van der Waals surface area contributed by atoms with E-state index in [0.29, 0.717) is 5.92 Å². The molecule has 3 aliphatic rings. The summed E-state index contributed by atoms with van der Waals surface area (Å²) in [7, 11) is 0. The van der Waals surface area contributed by atoms with Gasteiger partial charge >= 0.3 is 11.9 Å². The minimum Gasteiger partial charge on any atom is -0.458 e. The van der Waals surface area contributed by atoms with Gasteiger partial charge in [0.05, 0.1) is 11.8 Å². The van der Waals surface area contributed by atoms with E-state index < -0.39 is 5.60 Å². The zero-order valence-electron chi connectivity index (χ0n) is 11.1. The van der Waals surface area contributed by atoms with E-state index >= 15 is 0 Å². The van der Waals surface area contributed by atoms with E-state index in [1.165, 1.54) is 0 Å². The maximum Gasteiger partial charge on any atom is 0.310 e. The van der Waals surface area contributed by atoms with E-state index in [1.807, 2.05) is 20.8 Å². The molecule has 0 amide bonds. The van der Waals surface area contributed by atoms with Crippen LogP contribution in [0.25, 0.3) is 0 Å². The van der Waals surface area contributed by atoms with Crippen molar-refractivity contribution in [3.8, 4) is 0 Å². The molecule has 6 atom stereocenters. The molecule has 4 heteroatoms. The third kappa shape index (κ3) is 1.38. The minimum atomic E-state index is -0.562. The highest BCUT2D eigenvalue weighted by atomic mass is 16.6. The molecule has 0 aromatic rings. The first-order valence-electron chi connectivity index (χ1n) is 6.90. The molecule has 1 saturated heterocycles. The van der Waals surface area contributed by atoms with Gasteiger partial charge in [-0.3, -0.25) is 9.59 Å². The van der Waals surface area contributed by atoms with Crippen molar-refractivity contribution in [3.05, 3.63) is 0 Å². The second kappa shape index (κ2) is 3.72. The number of rotatable bonds is 3. The summed E-state index contributed by atoms with van der Waals surface area (Å²) in [5, 5.41) is 0. The Morgan fingerprint density at radius 1 is 1.56 bits per heavy atom. The summed E-state index contributed by atoms with van der Waals surface area (Å²) in [4.78, 5) is 23.7. The van der Waals surface area contributed by atoms with Crippen molar-refractivity contribution in [2.75, 3.05) is 0 Å². The number of ether oxygens (including phenoxy) is 2. The Labute approximate surface area is 107 Å². The van der Waals surface area contributed by atoms with E-state index in [2.05, 4.69) is 0 Å². The van der Waals surface area contributed by atoms with Gasteiger partial charge in [0.1, 0.15) is 11.7 Å². The van der Waals surface area contributed by atoms with E-state index in [0.717, 1.165) is 19.3 Å². The van der Waals surface area contributed by atoms with Gasteiger partial charge in [0.25, 0.3) is 0 Å². The Morgan fingerprint density at radius 2 is 2.28 bits per heavy atom. The van der Waals surface area contributed by atoms with Crippen LogP contribution >= 0.6 is 0 Å². The molecule has 0 aromatic carbocycles. The number of carbonyl (C=O) groups is 2. The molecular weight excluding hydrogens is 232 g/mol. The molecule has 6 unspecified atom stereocenters. The zero-order chi connectivity index (χ0) is 13.1. The van der Waals surface area contributed by atoms with Crippen molar-refractivity contribution < 1.29 is 19.1 Å². The Balaban J connectivity index is 1.79. The molecule has 0 N–H and O–H groups in total. The topological polar surface area (TPSA) is 52.6 Å². The van der Waals surface area contributed by atoms with Gasteiger partial charge in [-0.15, -0.1) is 0 Å². The fraction of sp³-hybridized carbons (Fsp3) is 0.857. The molecule has 0 radical (unpaired) electrons. The number of carbonyl (C=O) groups excluding carboxylic acids is 2. The van der Waals surface area contributed by atoms with E-state index in [-0.39, 0.29) is 35.8 Å². The number of hydrogen-bond donors (Lipinski definition) is 0. The molecule has 2 saturated carbocycles. The van der Waals surface area contributed by atoms with Gasteiger partial charge in [-0.2, -0.15) is 0 Å². The molecule has 2 aliphatic carbocycles. The molecule has 3 fully saturated rings. The van der Waals surface area contributed by atoms with Gasteiger partial charge in [0.15, 0.2) is 0 Å². The second-order valence-electron chi connectivity index (χ2n) is 6.22. The standard InChI is InChI=1S/C14H20O4/c1-4-7(2)12(15)17-11-8-5-9-10(6-8)14(11,3)18-13(9)16/h7-11H,4-6H2,1-3H3. The van der Waals surface area contributed by atoms with Gasteiger partial charge in [-0.1, -0.05) is 13.8 Å². The number of hydrogen-bond acceptors (Lipinski definition) is 4. The fourth-order valence-electron chi connectivity index (χ4n) is 3.94. The van der Waals surface area contributed by atoms with Crippen LogP contribution in [-0.2, 0) is 19.1 Å². The summed E-state index contributed by atoms with van der Waals surface area (Å²) in [5.41, 5.74) is -0.562. The first kappa shape index (κ1) is 12.0. The van der Waals surface area contributed by atoms with Crippen molar-refractivity contribution in [3.63, 3.8) is 0 Å². The van der Waals surface area contributed by atoms with Crippen LogP contribution in [-0.4, -0.2) is 23.6 Å². The fourth-order valence-corrected chi connectivity index (χ4v) is 3.94. The smallest absolute Gasteiger partial charge is 0.310 e. The van der Waals surface area contributed by atoms with Crippen LogP contribution in [0.1, 0.15) is 40.0 Å². The molecule has 0 aromatic heterocycles. The maximum atomic E-state index is 11.9. The van der Waals surface area contributed by atoms with Crippen LogP contribution in [0.3, 0.4) is 0 Å². The summed E-state index contributed by atoms with van der Waals surface area (Å²) >= 11 is 0. The molecule has 1 aliphatic heterocycles. The van der Waals surface area contributed by atoms with E-state index in [1.54, 1.807) is 0 Å². The molecule has 18 heavy (non-hydrogen) atoms. The normalized spacial score (nSPS) is 46.1. The van der Waals surface area contributed by atoms with Crippen molar-refractivity contribution in [2.24, 2.45) is 23.7 Å². The third-order valence-electron chi connectivity index (χ3n) is 5.21. The first-order chi connectivity index (χ1) is 8.47. The predicted octanol–water partition coefficient (Wildman–Crippen LogP) is 1.92. The van der Waals surface area contributed by atoms with Gasteiger partial charge < -0.3 is 9.47 Å². The van der Waals surface area contributed by atoms with Crippen molar-refractivity contribution in [2.45, 2.75) is 51.7 Å². The predicted molar refractivity (Wildman–Crippen MR) is 63.5 cm³/mol. The molecule has 2 bridgehead atoms. The lowest BCUT2D eigenvalue weighted by molar-refractivity contribution is -0.177. The SMILES string of the molecule is CCC(C)C(=O)OC1C2CC3C(=O)OC1(C)C3C2. The van der Waals surface area contributed by atoms with Gasteiger partial charge in [0, 0.05) is 11.8 Å². The third-order valence-corrected chi connectivity index (χ3v) is 5.21. The average Bonchev–Trinajstić information content (AvgIpc) is 2.91. The van der Waals surface area contributed by atoms with Crippen LogP contribution in [0, 0.1) is 23.7 Å². The molecule has 0 spiro atoms. The second-order valence-corrected chi connectivity index (χ2v) is 6.22. The summed E-state index contributed by atoms with van der Waals surface area (Å²) < 4.78 is 11.2. The van der Waals surface area contributed by atoms with Crippen molar-refractivity contribution in [1.82, 2.24) is 0 Å². The average molecular weight is 252 g/mol. The van der Waals surface area contributed by atoms with Crippen LogP contribution in [0.2, 0.25) is 0 Å². The monoisotopic (exact) mass is 252 g/mol. The minimum absolute atomic E-state index is 0.0542. The first-order valence-corrected chi connectivity index (χ1v) is 6.90.